The lowest BCUT2D eigenvalue weighted by Gasteiger charge is -2.22. The van der Waals surface area contributed by atoms with Crippen LogP contribution in [-0.4, -0.2) is 60.1 Å². The van der Waals surface area contributed by atoms with Crippen LogP contribution in [0.5, 0.6) is 0 Å². The highest BCUT2D eigenvalue weighted by molar-refractivity contribution is 7.91. The van der Waals surface area contributed by atoms with Gasteiger partial charge < -0.3 is 5.32 Å². The van der Waals surface area contributed by atoms with Crippen LogP contribution in [0.4, 0.5) is 0 Å². The van der Waals surface area contributed by atoms with Gasteiger partial charge in [-0.2, -0.15) is 5.10 Å². The van der Waals surface area contributed by atoms with Crippen LogP contribution in [0.2, 0.25) is 0 Å². The van der Waals surface area contributed by atoms with E-state index >= 15 is 0 Å². The maximum Gasteiger partial charge on any atom is 0.234 e. The van der Waals surface area contributed by atoms with Crippen molar-refractivity contribution in [2.75, 3.05) is 25.1 Å². The monoisotopic (exact) mass is 364 g/mol. The normalized spacial score (nSPS) is 19.6. The average molecular weight is 364 g/mol. The Labute approximate surface area is 147 Å². The van der Waals surface area contributed by atoms with Crippen molar-refractivity contribution in [2.24, 2.45) is 7.05 Å². The summed E-state index contributed by atoms with van der Waals surface area (Å²) in [5.74, 6) is 0.224. The number of fused-ring (bicyclic) bond motifs is 1. The smallest absolute Gasteiger partial charge is 0.234 e. The fourth-order valence-electron chi connectivity index (χ4n) is 3.30. The maximum atomic E-state index is 12.2. The Morgan fingerprint density at radius 1 is 1.44 bits per heavy atom. The molecule has 1 aromatic heterocycles. The van der Waals surface area contributed by atoms with Crippen molar-refractivity contribution in [1.29, 1.82) is 0 Å². The zero-order chi connectivity index (χ0) is 18.2. The summed E-state index contributed by atoms with van der Waals surface area (Å²) in [7, 11) is 0.739. The van der Waals surface area contributed by atoms with Gasteiger partial charge in [-0.15, -0.1) is 0 Å². The Hall–Kier alpha value is -1.93. The number of nitrogens with zero attached hydrogens (tertiary/aromatic N) is 3. The van der Waals surface area contributed by atoms with Gasteiger partial charge >= 0.3 is 0 Å². The van der Waals surface area contributed by atoms with Crippen LogP contribution in [0.1, 0.15) is 17.7 Å². The third-order valence-electron chi connectivity index (χ3n) is 4.76. The molecule has 2 aromatic rings. The number of amides is 1. The predicted octanol–water partition coefficient (Wildman–Crippen LogP) is 0.617. The molecule has 0 aliphatic carbocycles. The van der Waals surface area contributed by atoms with Crippen molar-refractivity contribution in [2.45, 2.75) is 25.9 Å². The van der Waals surface area contributed by atoms with Gasteiger partial charge in [0.05, 0.1) is 35.8 Å². The topological polar surface area (TPSA) is 84.3 Å². The number of nitrogens with one attached hydrogen (secondary N) is 1. The van der Waals surface area contributed by atoms with E-state index in [0.717, 1.165) is 22.2 Å². The number of carbonyl (C=O) groups is 1. The Bertz CT molecular complexity index is 904. The SMILES string of the molecule is Cc1ccc2c(c1)c(CNC(=O)CN(C)[C@@H]1CCS(=O)(=O)C1)nn2C. The third-order valence-corrected chi connectivity index (χ3v) is 6.51. The molecule has 25 heavy (non-hydrogen) atoms. The van der Waals surface area contributed by atoms with Crippen LogP contribution < -0.4 is 5.32 Å². The van der Waals surface area contributed by atoms with E-state index in [4.69, 9.17) is 0 Å². The molecule has 1 N–H and O–H groups in total. The van der Waals surface area contributed by atoms with Gasteiger partial charge in [0.2, 0.25) is 5.91 Å². The Kier molecular flexibility index (Phi) is 4.83. The lowest BCUT2D eigenvalue weighted by atomic mass is 10.1. The molecular formula is C17H24N4O3S. The van der Waals surface area contributed by atoms with Crippen molar-refractivity contribution in [3.05, 3.63) is 29.5 Å². The Morgan fingerprint density at radius 2 is 2.20 bits per heavy atom. The predicted molar refractivity (Wildman–Crippen MR) is 97.0 cm³/mol. The van der Waals surface area contributed by atoms with Crippen molar-refractivity contribution >= 4 is 26.6 Å². The molecule has 1 aliphatic rings. The van der Waals surface area contributed by atoms with Crippen molar-refractivity contribution in [3.8, 4) is 0 Å². The summed E-state index contributed by atoms with van der Waals surface area (Å²) in [4.78, 5) is 14.0. The maximum absolute atomic E-state index is 12.2. The molecule has 136 valence electrons. The molecule has 8 heteroatoms. The summed E-state index contributed by atoms with van der Waals surface area (Å²) in [6, 6.07) is 6.06. The van der Waals surface area contributed by atoms with E-state index in [0.29, 0.717) is 13.0 Å². The fourth-order valence-corrected chi connectivity index (χ4v) is 5.10. The molecule has 0 saturated carbocycles. The number of likely N-dealkylation sites (N-methyl/N-ethyl adjacent to an activating group) is 1. The van der Waals surface area contributed by atoms with Gasteiger partial charge in [-0.3, -0.25) is 14.4 Å². The molecule has 1 aliphatic heterocycles. The van der Waals surface area contributed by atoms with E-state index in [1.807, 2.05) is 35.7 Å². The molecule has 0 radical (unpaired) electrons. The number of aromatic nitrogens is 2. The number of carbonyl (C=O) groups excluding carboxylic acids is 1. The highest BCUT2D eigenvalue weighted by Crippen LogP contribution is 2.19. The summed E-state index contributed by atoms with van der Waals surface area (Å²) in [5.41, 5.74) is 3.01. The van der Waals surface area contributed by atoms with Crippen molar-refractivity contribution in [1.82, 2.24) is 20.0 Å². The molecule has 0 bridgehead atoms. The Morgan fingerprint density at radius 3 is 2.88 bits per heavy atom. The first kappa shape index (κ1) is 17.9. The van der Waals surface area contributed by atoms with Crippen molar-refractivity contribution in [3.63, 3.8) is 0 Å². The molecular weight excluding hydrogens is 340 g/mol. The van der Waals surface area contributed by atoms with Gasteiger partial charge in [0.25, 0.3) is 0 Å². The van der Waals surface area contributed by atoms with Gasteiger partial charge in [0, 0.05) is 18.5 Å². The number of hydrogen-bond acceptors (Lipinski definition) is 5. The van der Waals surface area contributed by atoms with Gasteiger partial charge in [-0.1, -0.05) is 11.6 Å². The molecule has 1 amide bonds. The lowest BCUT2D eigenvalue weighted by Crippen LogP contribution is -2.41. The first-order valence-corrected chi connectivity index (χ1v) is 10.2. The van der Waals surface area contributed by atoms with E-state index in [2.05, 4.69) is 16.5 Å². The number of hydrogen-bond donors (Lipinski definition) is 1. The minimum absolute atomic E-state index is 0.0749. The second-order valence-corrected chi connectivity index (χ2v) is 9.07. The highest BCUT2D eigenvalue weighted by Gasteiger charge is 2.31. The molecule has 0 spiro atoms. The van der Waals surface area contributed by atoms with Gasteiger partial charge in [-0.05, 0) is 32.5 Å². The van der Waals surface area contributed by atoms with Gasteiger partial charge in [-0.25, -0.2) is 8.42 Å². The average Bonchev–Trinajstić information content (AvgIpc) is 3.05. The van der Waals surface area contributed by atoms with Crippen LogP contribution in [0.3, 0.4) is 0 Å². The van der Waals surface area contributed by atoms with Crippen LogP contribution in [0, 0.1) is 6.92 Å². The van der Waals surface area contributed by atoms with Gasteiger partial charge in [0.15, 0.2) is 9.84 Å². The minimum atomic E-state index is -2.94. The van der Waals surface area contributed by atoms with Crippen LogP contribution in [0.25, 0.3) is 10.9 Å². The lowest BCUT2D eigenvalue weighted by molar-refractivity contribution is -0.122. The molecule has 1 aromatic carbocycles. The molecule has 3 rings (SSSR count). The molecule has 2 heterocycles. The molecule has 1 fully saturated rings. The summed E-state index contributed by atoms with van der Waals surface area (Å²) >= 11 is 0. The first-order valence-electron chi connectivity index (χ1n) is 8.35. The van der Waals surface area contributed by atoms with Crippen LogP contribution >= 0.6 is 0 Å². The quantitative estimate of drug-likeness (QED) is 0.841. The zero-order valence-corrected chi connectivity index (χ0v) is 15.6. The Balaban J connectivity index is 1.60. The van der Waals surface area contributed by atoms with E-state index in [1.54, 1.807) is 7.05 Å². The fraction of sp³-hybridized carbons (Fsp3) is 0.529. The molecule has 1 atom stereocenters. The second kappa shape index (κ2) is 6.76. The second-order valence-electron chi connectivity index (χ2n) is 6.84. The number of benzene rings is 1. The van der Waals surface area contributed by atoms with E-state index in [1.165, 1.54) is 0 Å². The van der Waals surface area contributed by atoms with Crippen LogP contribution in [-0.2, 0) is 28.2 Å². The summed E-state index contributed by atoms with van der Waals surface area (Å²) in [5, 5.41) is 8.42. The standard InChI is InChI=1S/C17H24N4O3S/c1-12-4-5-16-14(8-12)15(19-21(16)3)9-18-17(22)10-20(2)13-6-7-25(23,24)11-13/h4-5,8,13H,6-7,9-11H2,1-3H3,(H,18,22)/t13-/m1/s1. The summed E-state index contributed by atoms with van der Waals surface area (Å²) in [6.45, 7) is 2.57. The van der Waals surface area contributed by atoms with E-state index < -0.39 is 9.84 Å². The van der Waals surface area contributed by atoms with E-state index in [-0.39, 0.29) is 30.0 Å². The molecule has 1 saturated heterocycles. The van der Waals surface area contributed by atoms with Crippen molar-refractivity contribution < 1.29 is 13.2 Å². The number of aryl methyl sites for hydroxylation is 2. The number of sulfone groups is 1. The van der Waals surface area contributed by atoms with E-state index in [9.17, 15) is 13.2 Å². The third kappa shape index (κ3) is 4.01. The zero-order valence-electron chi connectivity index (χ0n) is 14.8. The largest absolute Gasteiger partial charge is 0.349 e. The minimum Gasteiger partial charge on any atom is -0.349 e. The summed E-state index contributed by atoms with van der Waals surface area (Å²) < 4.78 is 24.9. The highest BCUT2D eigenvalue weighted by atomic mass is 32.2. The van der Waals surface area contributed by atoms with Gasteiger partial charge in [0.1, 0.15) is 0 Å². The molecule has 7 nitrogen and oxygen atoms in total. The van der Waals surface area contributed by atoms with Crippen LogP contribution in [0.15, 0.2) is 18.2 Å². The molecule has 0 unspecified atom stereocenters. The summed E-state index contributed by atoms with van der Waals surface area (Å²) in [6.07, 6.45) is 0.594. The first-order chi connectivity index (χ1) is 11.7. The number of rotatable bonds is 5.